The van der Waals surface area contributed by atoms with Gasteiger partial charge in [-0.05, 0) is 39.8 Å². The number of benzene rings is 1. The summed E-state index contributed by atoms with van der Waals surface area (Å²) in [4.78, 5) is 25.0. The van der Waals surface area contributed by atoms with Gasteiger partial charge in [0.15, 0.2) is 13.1 Å². The first-order valence-electron chi connectivity index (χ1n) is 8.79. The van der Waals surface area contributed by atoms with Gasteiger partial charge >= 0.3 is 0 Å². The molecule has 3 N–H and O–H groups in total. The molecule has 7 nitrogen and oxygen atoms in total. The highest BCUT2D eigenvalue weighted by molar-refractivity contribution is 5.91. The Morgan fingerprint density at radius 1 is 1.12 bits per heavy atom. The second-order valence-corrected chi connectivity index (χ2v) is 7.00. The molecule has 0 aliphatic heterocycles. The third-order valence-electron chi connectivity index (χ3n) is 3.75. The van der Waals surface area contributed by atoms with Gasteiger partial charge in [-0.3, -0.25) is 9.59 Å². The molecule has 1 atom stereocenters. The van der Waals surface area contributed by atoms with Crippen molar-refractivity contribution in [1.29, 1.82) is 0 Å². The maximum atomic E-state index is 12.4. The fourth-order valence-electron chi connectivity index (χ4n) is 2.64. The van der Waals surface area contributed by atoms with E-state index in [0.29, 0.717) is 5.82 Å². The number of nitrogens with one attached hydrogen (secondary N) is 3. The summed E-state index contributed by atoms with van der Waals surface area (Å²) in [6, 6.07) is 9.86. The Labute approximate surface area is 154 Å². The van der Waals surface area contributed by atoms with Crippen LogP contribution in [0.2, 0.25) is 0 Å². The van der Waals surface area contributed by atoms with Crippen LogP contribution in [0.5, 0.6) is 0 Å². The minimum atomic E-state index is -0.159. The third kappa shape index (κ3) is 5.70. The van der Waals surface area contributed by atoms with Crippen LogP contribution in [0.3, 0.4) is 0 Å². The second-order valence-electron chi connectivity index (χ2n) is 7.00. The second kappa shape index (κ2) is 8.62. The molecule has 0 saturated carbocycles. The van der Waals surface area contributed by atoms with Gasteiger partial charge in [0.2, 0.25) is 0 Å². The summed E-state index contributed by atoms with van der Waals surface area (Å²) in [5, 5.41) is 10.2. The number of aryl methyl sites for hydroxylation is 2. The van der Waals surface area contributed by atoms with Crippen molar-refractivity contribution >= 4 is 17.6 Å². The van der Waals surface area contributed by atoms with Crippen LogP contribution in [0.4, 0.5) is 5.82 Å². The highest BCUT2D eigenvalue weighted by atomic mass is 16.2. The van der Waals surface area contributed by atoms with Crippen LogP contribution in [0.1, 0.15) is 25.1 Å². The largest absolute Gasteiger partial charge is 0.349 e. The van der Waals surface area contributed by atoms with Gasteiger partial charge in [-0.25, -0.2) is 4.68 Å². The first-order chi connectivity index (χ1) is 12.2. The Bertz CT molecular complexity index is 765. The maximum absolute atomic E-state index is 12.4. The number of likely N-dealkylation sites (N-methyl/N-ethyl adjacent to an activating group) is 1. The van der Waals surface area contributed by atoms with Crippen molar-refractivity contribution in [2.45, 2.75) is 33.7 Å². The Balaban J connectivity index is 2.01. The molecule has 2 rings (SSSR count). The van der Waals surface area contributed by atoms with Gasteiger partial charge in [-0.2, -0.15) is 5.10 Å². The summed E-state index contributed by atoms with van der Waals surface area (Å²) in [7, 11) is 1.82. The number of nitrogens with zero attached hydrogens (tertiary/aromatic N) is 2. The van der Waals surface area contributed by atoms with E-state index in [1.165, 1.54) is 0 Å². The van der Waals surface area contributed by atoms with Crippen molar-refractivity contribution in [3.05, 3.63) is 41.6 Å². The van der Waals surface area contributed by atoms with Crippen LogP contribution in [0, 0.1) is 13.8 Å². The molecule has 1 aromatic carbocycles. The van der Waals surface area contributed by atoms with Crippen molar-refractivity contribution in [3.63, 3.8) is 0 Å². The van der Waals surface area contributed by atoms with Gasteiger partial charge in [0.05, 0.1) is 18.4 Å². The van der Waals surface area contributed by atoms with E-state index in [-0.39, 0.29) is 30.9 Å². The smallest absolute Gasteiger partial charge is 0.280 e. The zero-order valence-electron chi connectivity index (χ0n) is 16.1. The SMILES string of the molecule is Cc1ccc(-n2nc(C)cc2NC(=O)C[NH+](C)CC(=O)NC(C)C)cc1. The predicted molar refractivity (Wildman–Crippen MR) is 102 cm³/mol. The normalized spacial score (nSPS) is 12.1. The van der Waals surface area contributed by atoms with Gasteiger partial charge in [0, 0.05) is 12.1 Å². The molecule has 0 spiro atoms. The van der Waals surface area contributed by atoms with Crippen LogP contribution >= 0.6 is 0 Å². The summed E-state index contributed by atoms with van der Waals surface area (Å²) < 4.78 is 1.72. The van der Waals surface area contributed by atoms with E-state index in [1.54, 1.807) is 4.68 Å². The van der Waals surface area contributed by atoms with Gasteiger partial charge < -0.3 is 15.5 Å². The zero-order valence-corrected chi connectivity index (χ0v) is 16.1. The number of hydrogen-bond acceptors (Lipinski definition) is 3. The Hall–Kier alpha value is -2.67. The van der Waals surface area contributed by atoms with Gasteiger partial charge in [0.1, 0.15) is 5.82 Å². The lowest BCUT2D eigenvalue weighted by atomic mass is 10.2. The molecule has 0 saturated heterocycles. The predicted octanol–water partition coefficient (Wildman–Crippen LogP) is 0.467. The number of amides is 2. The number of hydrogen-bond donors (Lipinski definition) is 3. The fourth-order valence-corrected chi connectivity index (χ4v) is 2.64. The molecule has 0 fully saturated rings. The van der Waals surface area contributed by atoms with Gasteiger partial charge in [-0.15, -0.1) is 0 Å². The summed E-state index contributed by atoms with van der Waals surface area (Å²) in [5.41, 5.74) is 2.86. The molecule has 7 heteroatoms. The Kier molecular flexibility index (Phi) is 6.52. The highest BCUT2D eigenvalue weighted by Gasteiger charge is 2.17. The quantitative estimate of drug-likeness (QED) is 0.673. The van der Waals surface area contributed by atoms with E-state index >= 15 is 0 Å². The van der Waals surface area contributed by atoms with Crippen molar-refractivity contribution in [1.82, 2.24) is 15.1 Å². The standard InChI is InChI=1S/C19H27N5O2/c1-13(2)20-18(25)11-23(5)12-19(26)21-17-10-15(4)22-24(17)16-8-6-14(3)7-9-16/h6-10,13H,11-12H2,1-5H3,(H,20,25)(H,21,26)/p+1. The Morgan fingerprint density at radius 2 is 1.73 bits per heavy atom. The molecule has 0 bridgehead atoms. The number of quaternary nitrogens is 1. The lowest BCUT2D eigenvalue weighted by molar-refractivity contribution is -0.862. The molecule has 140 valence electrons. The van der Waals surface area contributed by atoms with Crippen LogP contribution < -0.4 is 15.5 Å². The molecule has 2 aromatic rings. The van der Waals surface area contributed by atoms with Gasteiger partial charge in [0.25, 0.3) is 11.8 Å². The zero-order chi connectivity index (χ0) is 19.3. The van der Waals surface area contributed by atoms with E-state index in [2.05, 4.69) is 15.7 Å². The number of carbonyl (C=O) groups is 2. The summed E-state index contributed by atoms with van der Waals surface area (Å²) in [6.07, 6.45) is 0. The molecule has 1 aromatic heterocycles. The van der Waals surface area contributed by atoms with E-state index < -0.39 is 0 Å². The van der Waals surface area contributed by atoms with E-state index in [9.17, 15) is 9.59 Å². The number of anilines is 1. The first kappa shape index (κ1) is 19.7. The summed E-state index contributed by atoms with van der Waals surface area (Å²) in [5.74, 6) is 0.398. The fraction of sp³-hybridized carbons (Fsp3) is 0.421. The van der Waals surface area contributed by atoms with Crippen molar-refractivity contribution < 1.29 is 14.5 Å². The highest BCUT2D eigenvalue weighted by Crippen LogP contribution is 2.17. The average molecular weight is 358 g/mol. The van der Waals surface area contributed by atoms with Crippen LogP contribution in [0.15, 0.2) is 30.3 Å². The topological polar surface area (TPSA) is 80.5 Å². The molecule has 2 amide bonds. The third-order valence-corrected chi connectivity index (χ3v) is 3.75. The molecule has 0 aliphatic rings. The van der Waals surface area contributed by atoms with E-state index in [0.717, 1.165) is 21.8 Å². The maximum Gasteiger partial charge on any atom is 0.280 e. The molecular formula is C19H28N5O2+. The molecule has 0 aliphatic carbocycles. The molecule has 1 unspecified atom stereocenters. The minimum Gasteiger partial charge on any atom is -0.349 e. The average Bonchev–Trinajstić information content (AvgIpc) is 2.87. The number of aromatic nitrogens is 2. The molecular weight excluding hydrogens is 330 g/mol. The number of carbonyl (C=O) groups excluding carboxylic acids is 2. The van der Waals surface area contributed by atoms with Gasteiger partial charge in [-0.1, -0.05) is 17.7 Å². The van der Waals surface area contributed by atoms with Crippen molar-refractivity contribution in [2.75, 3.05) is 25.5 Å². The molecule has 0 radical (unpaired) electrons. The monoisotopic (exact) mass is 358 g/mol. The molecule has 26 heavy (non-hydrogen) atoms. The number of rotatable bonds is 7. The van der Waals surface area contributed by atoms with Crippen molar-refractivity contribution in [3.8, 4) is 5.69 Å². The minimum absolute atomic E-state index is 0.0640. The summed E-state index contributed by atoms with van der Waals surface area (Å²) >= 11 is 0. The van der Waals surface area contributed by atoms with Crippen LogP contribution in [0.25, 0.3) is 5.69 Å². The van der Waals surface area contributed by atoms with Crippen LogP contribution in [-0.2, 0) is 9.59 Å². The lowest BCUT2D eigenvalue weighted by Gasteiger charge is -2.15. The summed E-state index contributed by atoms with van der Waals surface area (Å²) in [6.45, 7) is 8.18. The first-order valence-corrected chi connectivity index (χ1v) is 8.79. The Morgan fingerprint density at radius 3 is 2.35 bits per heavy atom. The van der Waals surface area contributed by atoms with E-state index in [1.807, 2.05) is 65.1 Å². The van der Waals surface area contributed by atoms with Crippen LogP contribution in [-0.4, -0.2) is 47.8 Å². The lowest BCUT2D eigenvalue weighted by Crippen LogP contribution is -3.11. The molecule has 1 heterocycles. The van der Waals surface area contributed by atoms with Crippen molar-refractivity contribution in [2.24, 2.45) is 0 Å². The van der Waals surface area contributed by atoms with E-state index in [4.69, 9.17) is 0 Å².